The summed E-state index contributed by atoms with van der Waals surface area (Å²) in [6.07, 6.45) is 1.72. The molecule has 2 aromatic rings. The molecule has 0 radical (unpaired) electrons. The molecule has 0 spiro atoms. The zero-order valence-electron chi connectivity index (χ0n) is 11.7. The first-order valence-electron chi connectivity index (χ1n) is 6.18. The number of aryl methyl sites for hydroxylation is 2. The van der Waals surface area contributed by atoms with Crippen LogP contribution in [0.15, 0.2) is 24.4 Å². The zero-order valence-corrected chi connectivity index (χ0v) is 11.7. The highest BCUT2D eigenvalue weighted by atomic mass is 16.5. The lowest BCUT2D eigenvalue weighted by molar-refractivity contribution is 0.0599. The number of aromatic nitrogens is 3. The summed E-state index contributed by atoms with van der Waals surface area (Å²) >= 11 is 0. The predicted octanol–water partition coefficient (Wildman–Crippen LogP) is 1.89. The van der Waals surface area contributed by atoms with E-state index in [4.69, 9.17) is 0 Å². The summed E-state index contributed by atoms with van der Waals surface area (Å²) in [6, 6.07) is 5.28. The number of carbonyl (C=O) groups excluding carboxylic acids is 1. The summed E-state index contributed by atoms with van der Waals surface area (Å²) in [4.78, 5) is 24.1. The molecule has 0 fully saturated rings. The Morgan fingerprint density at radius 1 is 1.25 bits per heavy atom. The van der Waals surface area contributed by atoms with Crippen LogP contribution in [0.25, 0.3) is 0 Å². The number of rotatable bonds is 4. The van der Waals surface area contributed by atoms with E-state index in [1.54, 1.807) is 25.3 Å². The second kappa shape index (κ2) is 6.10. The first-order chi connectivity index (χ1) is 9.60. The maximum absolute atomic E-state index is 11.5. The van der Waals surface area contributed by atoms with Gasteiger partial charge in [0.25, 0.3) is 0 Å². The number of ether oxygens (including phenoxy) is 1. The Kier molecular flexibility index (Phi) is 4.24. The number of pyridine rings is 1. The van der Waals surface area contributed by atoms with Gasteiger partial charge in [-0.3, -0.25) is 0 Å². The molecule has 2 rings (SSSR count). The van der Waals surface area contributed by atoms with Crippen molar-refractivity contribution < 1.29 is 9.53 Å². The second-order valence-corrected chi connectivity index (χ2v) is 4.27. The summed E-state index contributed by atoms with van der Waals surface area (Å²) in [7, 11) is 1.35. The number of methoxy groups -OCH3 is 1. The summed E-state index contributed by atoms with van der Waals surface area (Å²) < 4.78 is 4.68. The molecule has 0 aliphatic carbocycles. The molecule has 6 heteroatoms. The molecule has 6 nitrogen and oxygen atoms in total. The molecule has 104 valence electrons. The minimum atomic E-state index is -0.382. The van der Waals surface area contributed by atoms with Crippen LogP contribution < -0.4 is 5.32 Å². The molecule has 0 bridgehead atoms. The first-order valence-corrected chi connectivity index (χ1v) is 6.18. The normalized spacial score (nSPS) is 10.2. The average Bonchev–Trinajstić information content (AvgIpc) is 2.44. The van der Waals surface area contributed by atoms with E-state index in [1.807, 2.05) is 13.0 Å². The fourth-order valence-corrected chi connectivity index (χ4v) is 1.77. The number of esters is 1. The summed E-state index contributed by atoms with van der Waals surface area (Å²) in [6.45, 7) is 4.16. The smallest absolute Gasteiger partial charge is 0.339 e. The third-order valence-corrected chi connectivity index (χ3v) is 2.78. The van der Waals surface area contributed by atoms with Gasteiger partial charge in [0.15, 0.2) is 0 Å². The Bertz CT molecular complexity index is 628. The minimum Gasteiger partial charge on any atom is -0.465 e. The van der Waals surface area contributed by atoms with Crippen molar-refractivity contribution in [1.82, 2.24) is 15.0 Å². The molecule has 0 atom stereocenters. The first kappa shape index (κ1) is 13.9. The number of hydrogen-bond donors (Lipinski definition) is 1. The van der Waals surface area contributed by atoms with Gasteiger partial charge in [-0.2, -0.15) is 0 Å². The van der Waals surface area contributed by atoms with Crippen LogP contribution in [0.2, 0.25) is 0 Å². The van der Waals surface area contributed by atoms with Crippen molar-refractivity contribution in [3.05, 3.63) is 47.2 Å². The maximum Gasteiger partial charge on any atom is 0.339 e. The topological polar surface area (TPSA) is 77.0 Å². The Labute approximate surface area is 117 Å². The monoisotopic (exact) mass is 272 g/mol. The molecule has 0 saturated heterocycles. The molecule has 0 unspecified atom stereocenters. The number of hydrogen-bond acceptors (Lipinski definition) is 6. The van der Waals surface area contributed by atoms with Crippen LogP contribution in [0.3, 0.4) is 0 Å². The van der Waals surface area contributed by atoms with Crippen LogP contribution in [-0.2, 0) is 11.3 Å². The molecule has 0 aromatic carbocycles. The van der Waals surface area contributed by atoms with Gasteiger partial charge in [0.1, 0.15) is 11.6 Å². The summed E-state index contributed by atoms with van der Waals surface area (Å²) in [5, 5.41) is 3.16. The Morgan fingerprint density at radius 3 is 2.70 bits per heavy atom. The van der Waals surface area contributed by atoms with Crippen molar-refractivity contribution in [2.75, 3.05) is 12.4 Å². The van der Waals surface area contributed by atoms with E-state index in [1.165, 1.54) is 7.11 Å². The molecule has 2 heterocycles. The molecular weight excluding hydrogens is 256 g/mol. The highest BCUT2D eigenvalue weighted by molar-refractivity contribution is 5.90. The molecule has 0 aliphatic heterocycles. The maximum atomic E-state index is 11.5. The molecule has 0 aliphatic rings. The lowest BCUT2D eigenvalue weighted by atomic mass is 10.2. The second-order valence-electron chi connectivity index (χ2n) is 4.27. The van der Waals surface area contributed by atoms with Gasteiger partial charge in [0, 0.05) is 6.20 Å². The van der Waals surface area contributed by atoms with Crippen molar-refractivity contribution in [2.45, 2.75) is 20.4 Å². The summed E-state index contributed by atoms with van der Waals surface area (Å²) in [5.74, 6) is 1.04. The van der Waals surface area contributed by atoms with E-state index in [0.717, 1.165) is 11.5 Å². The molecule has 20 heavy (non-hydrogen) atoms. The van der Waals surface area contributed by atoms with Crippen molar-refractivity contribution in [2.24, 2.45) is 0 Å². The van der Waals surface area contributed by atoms with Crippen molar-refractivity contribution in [1.29, 1.82) is 0 Å². The standard InChI is InChI=1S/C14H16N4O2/c1-9-12(14(19)20-3)4-5-13(17-9)16-8-11-6-7-15-10(2)18-11/h4-7H,8H2,1-3H3,(H,16,17). The third-order valence-electron chi connectivity index (χ3n) is 2.78. The number of carbonyl (C=O) groups is 1. The van der Waals surface area contributed by atoms with Crippen molar-refractivity contribution in [3.8, 4) is 0 Å². The van der Waals surface area contributed by atoms with Crippen LogP contribution in [-0.4, -0.2) is 28.0 Å². The Balaban J connectivity index is 2.07. The molecule has 1 N–H and O–H groups in total. The Morgan fingerprint density at radius 2 is 2.05 bits per heavy atom. The van der Waals surface area contributed by atoms with E-state index in [9.17, 15) is 4.79 Å². The number of nitrogens with zero attached hydrogens (tertiary/aromatic N) is 3. The third kappa shape index (κ3) is 3.28. The average molecular weight is 272 g/mol. The van der Waals surface area contributed by atoms with E-state index >= 15 is 0 Å². The SMILES string of the molecule is COC(=O)c1ccc(NCc2ccnc(C)n2)nc1C. The van der Waals surface area contributed by atoms with E-state index in [2.05, 4.69) is 25.0 Å². The number of nitrogens with one attached hydrogen (secondary N) is 1. The van der Waals surface area contributed by atoms with E-state index in [0.29, 0.717) is 23.6 Å². The Hall–Kier alpha value is -2.50. The largest absolute Gasteiger partial charge is 0.465 e. The van der Waals surface area contributed by atoms with E-state index in [-0.39, 0.29) is 5.97 Å². The highest BCUT2D eigenvalue weighted by Gasteiger charge is 2.10. The van der Waals surface area contributed by atoms with Gasteiger partial charge in [0.05, 0.1) is 30.6 Å². The van der Waals surface area contributed by atoms with Crippen molar-refractivity contribution in [3.63, 3.8) is 0 Å². The van der Waals surface area contributed by atoms with Gasteiger partial charge < -0.3 is 10.1 Å². The van der Waals surface area contributed by atoms with Gasteiger partial charge >= 0.3 is 5.97 Å². The molecule has 0 amide bonds. The fraction of sp³-hybridized carbons (Fsp3) is 0.286. The van der Waals surface area contributed by atoms with Crippen LogP contribution in [0.5, 0.6) is 0 Å². The zero-order chi connectivity index (χ0) is 14.5. The van der Waals surface area contributed by atoms with Gasteiger partial charge in [-0.15, -0.1) is 0 Å². The van der Waals surface area contributed by atoms with Crippen LogP contribution in [0.4, 0.5) is 5.82 Å². The summed E-state index contributed by atoms with van der Waals surface area (Å²) in [5.41, 5.74) is 1.98. The quantitative estimate of drug-likeness (QED) is 0.856. The fourth-order valence-electron chi connectivity index (χ4n) is 1.77. The van der Waals surface area contributed by atoms with Crippen LogP contribution >= 0.6 is 0 Å². The van der Waals surface area contributed by atoms with Gasteiger partial charge in [-0.05, 0) is 32.0 Å². The predicted molar refractivity (Wildman–Crippen MR) is 74.4 cm³/mol. The lowest BCUT2D eigenvalue weighted by Gasteiger charge is -2.08. The highest BCUT2D eigenvalue weighted by Crippen LogP contribution is 2.12. The van der Waals surface area contributed by atoms with Gasteiger partial charge in [-0.1, -0.05) is 0 Å². The van der Waals surface area contributed by atoms with Crippen molar-refractivity contribution >= 4 is 11.8 Å². The lowest BCUT2D eigenvalue weighted by Crippen LogP contribution is -2.08. The van der Waals surface area contributed by atoms with Crippen LogP contribution in [0, 0.1) is 13.8 Å². The van der Waals surface area contributed by atoms with Crippen LogP contribution in [0.1, 0.15) is 27.6 Å². The molecule has 2 aromatic heterocycles. The van der Waals surface area contributed by atoms with E-state index < -0.39 is 0 Å². The number of anilines is 1. The van der Waals surface area contributed by atoms with Gasteiger partial charge in [0.2, 0.25) is 0 Å². The minimum absolute atomic E-state index is 0.382. The molecule has 0 saturated carbocycles. The molecular formula is C14H16N4O2. The van der Waals surface area contributed by atoms with Gasteiger partial charge in [-0.25, -0.2) is 19.7 Å².